The Labute approximate surface area is 106 Å². The number of nitrogens with one attached hydrogen (secondary N) is 2. The fraction of sp³-hybridized carbons (Fsp3) is 0.385. The van der Waals surface area contributed by atoms with E-state index in [2.05, 4.69) is 15.4 Å². The molecule has 2 rings (SSSR count). The van der Waals surface area contributed by atoms with Gasteiger partial charge in [0.05, 0.1) is 13.0 Å². The van der Waals surface area contributed by atoms with E-state index in [0.717, 1.165) is 17.7 Å². The second-order valence-electron chi connectivity index (χ2n) is 4.18. The molecule has 5 nitrogen and oxygen atoms in total. The third-order valence-corrected chi connectivity index (χ3v) is 3.05. The standard InChI is InChI=1S/C13H16N2O3/c1-18-12(16)8-15-13(17)11-7-14-6-9-4-2-3-5-10(9)11/h2-5,11,14H,6-8H2,1H3,(H,15,17). The molecule has 5 heteroatoms. The maximum absolute atomic E-state index is 12.0. The largest absolute Gasteiger partial charge is 0.468 e. The fourth-order valence-electron chi connectivity index (χ4n) is 2.08. The van der Waals surface area contributed by atoms with Crippen LogP contribution in [0.4, 0.5) is 0 Å². The highest BCUT2D eigenvalue weighted by Crippen LogP contribution is 2.23. The number of carbonyl (C=O) groups excluding carboxylic acids is 2. The summed E-state index contributed by atoms with van der Waals surface area (Å²) in [5.41, 5.74) is 2.15. The normalized spacial score (nSPS) is 17.7. The topological polar surface area (TPSA) is 67.4 Å². The molecule has 18 heavy (non-hydrogen) atoms. The van der Waals surface area contributed by atoms with Crippen molar-refractivity contribution in [2.24, 2.45) is 0 Å². The molecule has 1 heterocycles. The maximum Gasteiger partial charge on any atom is 0.325 e. The number of hydrogen-bond donors (Lipinski definition) is 2. The van der Waals surface area contributed by atoms with Gasteiger partial charge < -0.3 is 15.4 Å². The Morgan fingerprint density at radius 3 is 3.00 bits per heavy atom. The Morgan fingerprint density at radius 1 is 1.44 bits per heavy atom. The van der Waals surface area contributed by atoms with Gasteiger partial charge in [-0.25, -0.2) is 0 Å². The SMILES string of the molecule is COC(=O)CNC(=O)C1CNCc2ccccc21. The minimum atomic E-state index is -0.444. The van der Waals surface area contributed by atoms with Crippen molar-refractivity contribution in [3.63, 3.8) is 0 Å². The molecular formula is C13H16N2O3. The minimum Gasteiger partial charge on any atom is -0.468 e. The third kappa shape index (κ3) is 2.68. The third-order valence-electron chi connectivity index (χ3n) is 3.05. The second kappa shape index (κ2) is 5.64. The summed E-state index contributed by atoms with van der Waals surface area (Å²) < 4.78 is 4.49. The maximum atomic E-state index is 12.0. The van der Waals surface area contributed by atoms with Gasteiger partial charge in [-0.05, 0) is 11.1 Å². The van der Waals surface area contributed by atoms with Crippen LogP contribution in [-0.4, -0.2) is 32.1 Å². The van der Waals surface area contributed by atoms with Gasteiger partial charge in [0.2, 0.25) is 5.91 Å². The van der Waals surface area contributed by atoms with E-state index in [1.165, 1.54) is 7.11 Å². The van der Waals surface area contributed by atoms with Gasteiger partial charge in [-0.1, -0.05) is 24.3 Å². The molecule has 0 spiro atoms. The van der Waals surface area contributed by atoms with Crippen LogP contribution in [0.1, 0.15) is 17.0 Å². The van der Waals surface area contributed by atoms with Gasteiger partial charge in [-0.2, -0.15) is 0 Å². The Morgan fingerprint density at radius 2 is 2.22 bits per heavy atom. The lowest BCUT2D eigenvalue weighted by molar-refractivity contribution is -0.141. The Kier molecular flexibility index (Phi) is 3.94. The van der Waals surface area contributed by atoms with E-state index < -0.39 is 5.97 Å². The highest BCUT2D eigenvalue weighted by Gasteiger charge is 2.26. The van der Waals surface area contributed by atoms with Crippen LogP contribution >= 0.6 is 0 Å². The molecule has 1 atom stereocenters. The minimum absolute atomic E-state index is 0.0893. The first-order valence-electron chi connectivity index (χ1n) is 5.85. The lowest BCUT2D eigenvalue weighted by atomic mass is 9.90. The zero-order valence-corrected chi connectivity index (χ0v) is 10.2. The predicted octanol–water partition coefficient (Wildman–Crippen LogP) is 0.163. The molecule has 0 aromatic heterocycles. The van der Waals surface area contributed by atoms with E-state index in [1.54, 1.807) is 0 Å². The summed E-state index contributed by atoms with van der Waals surface area (Å²) in [5.74, 6) is -0.847. The van der Waals surface area contributed by atoms with Gasteiger partial charge in [-0.3, -0.25) is 9.59 Å². The van der Waals surface area contributed by atoms with Gasteiger partial charge in [-0.15, -0.1) is 0 Å². The molecule has 0 radical (unpaired) electrons. The molecule has 0 aliphatic carbocycles. The summed E-state index contributed by atoms with van der Waals surface area (Å²) in [6.45, 7) is 1.27. The summed E-state index contributed by atoms with van der Waals surface area (Å²) in [7, 11) is 1.30. The van der Waals surface area contributed by atoms with Gasteiger partial charge >= 0.3 is 5.97 Å². The number of amides is 1. The average Bonchev–Trinajstić information content (AvgIpc) is 2.43. The molecule has 0 fully saturated rings. The van der Waals surface area contributed by atoms with Crippen molar-refractivity contribution in [3.8, 4) is 0 Å². The van der Waals surface area contributed by atoms with Crippen molar-refractivity contribution >= 4 is 11.9 Å². The molecule has 1 aromatic carbocycles. The molecule has 0 saturated carbocycles. The average molecular weight is 248 g/mol. The van der Waals surface area contributed by atoms with Gasteiger partial charge in [0.15, 0.2) is 0 Å². The number of methoxy groups -OCH3 is 1. The molecule has 2 N–H and O–H groups in total. The number of benzene rings is 1. The molecular weight excluding hydrogens is 232 g/mol. The van der Waals surface area contributed by atoms with Crippen molar-refractivity contribution < 1.29 is 14.3 Å². The summed E-state index contributed by atoms with van der Waals surface area (Å²) in [6.07, 6.45) is 0. The second-order valence-corrected chi connectivity index (χ2v) is 4.18. The monoisotopic (exact) mass is 248 g/mol. The quantitative estimate of drug-likeness (QED) is 0.748. The molecule has 0 bridgehead atoms. The summed E-state index contributed by atoms with van der Waals surface area (Å²) >= 11 is 0. The molecule has 1 amide bonds. The van der Waals surface area contributed by atoms with Crippen LogP contribution in [0.15, 0.2) is 24.3 Å². The summed E-state index contributed by atoms with van der Waals surface area (Å²) in [6, 6.07) is 7.83. The van der Waals surface area contributed by atoms with Crippen molar-refractivity contribution in [3.05, 3.63) is 35.4 Å². The van der Waals surface area contributed by atoms with Crippen LogP contribution in [0, 0.1) is 0 Å². The number of carbonyl (C=O) groups is 2. The summed E-state index contributed by atoms with van der Waals surface area (Å²) in [4.78, 5) is 23.0. The van der Waals surface area contributed by atoms with E-state index in [9.17, 15) is 9.59 Å². The molecule has 0 saturated heterocycles. The van der Waals surface area contributed by atoms with Crippen LogP contribution in [0.3, 0.4) is 0 Å². The van der Waals surface area contributed by atoms with Crippen LogP contribution in [0.25, 0.3) is 0 Å². The van der Waals surface area contributed by atoms with Crippen LogP contribution < -0.4 is 10.6 Å². The highest BCUT2D eigenvalue weighted by atomic mass is 16.5. The highest BCUT2D eigenvalue weighted by molar-refractivity contribution is 5.87. The number of esters is 1. The Bertz CT molecular complexity index is 459. The van der Waals surface area contributed by atoms with Crippen LogP contribution in [0.2, 0.25) is 0 Å². The molecule has 1 aliphatic rings. The van der Waals surface area contributed by atoms with Crippen LogP contribution in [-0.2, 0) is 20.9 Å². The van der Waals surface area contributed by atoms with E-state index in [-0.39, 0.29) is 18.4 Å². The van der Waals surface area contributed by atoms with Crippen molar-refractivity contribution in [2.75, 3.05) is 20.2 Å². The Hall–Kier alpha value is -1.88. The van der Waals surface area contributed by atoms with Crippen molar-refractivity contribution in [2.45, 2.75) is 12.5 Å². The zero-order chi connectivity index (χ0) is 13.0. The first kappa shape index (κ1) is 12.6. The van der Waals surface area contributed by atoms with E-state index in [4.69, 9.17) is 0 Å². The Balaban J connectivity index is 2.06. The number of fused-ring (bicyclic) bond motifs is 1. The molecule has 96 valence electrons. The first-order valence-corrected chi connectivity index (χ1v) is 5.85. The first-order chi connectivity index (χ1) is 8.72. The number of ether oxygens (including phenoxy) is 1. The van der Waals surface area contributed by atoms with E-state index >= 15 is 0 Å². The van der Waals surface area contributed by atoms with Crippen LogP contribution in [0.5, 0.6) is 0 Å². The molecule has 1 unspecified atom stereocenters. The van der Waals surface area contributed by atoms with Crippen molar-refractivity contribution in [1.82, 2.24) is 10.6 Å². The molecule has 1 aromatic rings. The number of hydrogen-bond acceptors (Lipinski definition) is 4. The predicted molar refractivity (Wildman–Crippen MR) is 65.9 cm³/mol. The summed E-state index contributed by atoms with van der Waals surface area (Å²) in [5, 5.41) is 5.79. The smallest absolute Gasteiger partial charge is 0.325 e. The fourth-order valence-corrected chi connectivity index (χ4v) is 2.08. The van der Waals surface area contributed by atoms with E-state index in [0.29, 0.717) is 6.54 Å². The van der Waals surface area contributed by atoms with Gasteiger partial charge in [0.25, 0.3) is 0 Å². The van der Waals surface area contributed by atoms with Crippen molar-refractivity contribution in [1.29, 1.82) is 0 Å². The molecule has 1 aliphatic heterocycles. The van der Waals surface area contributed by atoms with Gasteiger partial charge in [0, 0.05) is 13.1 Å². The lowest BCUT2D eigenvalue weighted by Crippen LogP contribution is -2.40. The van der Waals surface area contributed by atoms with E-state index in [1.807, 2.05) is 24.3 Å². The number of rotatable bonds is 3. The zero-order valence-electron chi connectivity index (χ0n) is 10.2. The van der Waals surface area contributed by atoms with Gasteiger partial charge in [0.1, 0.15) is 6.54 Å². The lowest BCUT2D eigenvalue weighted by Gasteiger charge is -2.25.